The quantitative estimate of drug-likeness (QED) is 0.844. The predicted molar refractivity (Wildman–Crippen MR) is 80.8 cm³/mol. The van der Waals surface area contributed by atoms with Crippen LogP contribution in [0.25, 0.3) is 0 Å². The summed E-state index contributed by atoms with van der Waals surface area (Å²) in [6.45, 7) is 1.92. The van der Waals surface area contributed by atoms with Gasteiger partial charge >= 0.3 is 0 Å². The lowest BCUT2D eigenvalue weighted by molar-refractivity contribution is 0.417. The molecular formula is C13H16N4OS. The van der Waals surface area contributed by atoms with Crippen LogP contribution in [0.2, 0.25) is 0 Å². The molecule has 1 heterocycles. The number of anilines is 2. The summed E-state index contributed by atoms with van der Waals surface area (Å²) in [4.78, 5) is 0. The minimum absolute atomic E-state index is 0.501. The summed E-state index contributed by atoms with van der Waals surface area (Å²) in [6, 6.07) is 7.61. The zero-order valence-corrected chi connectivity index (χ0v) is 11.9. The number of hydrogen-bond donors (Lipinski definition) is 2. The van der Waals surface area contributed by atoms with Gasteiger partial charge in [0, 0.05) is 13.2 Å². The Hall–Kier alpha value is -2.08. The lowest BCUT2D eigenvalue weighted by Crippen LogP contribution is -2.19. The summed E-state index contributed by atoms with van der Waals surface area (Å²) < 4.78 is 7.00. The lowest BCUT2D eigenvalue weighted by Gasteiger charge is -2.12. The number of para-hydroxylation sites is 2. The molecule has 1 aromatic carbocycles. The number of thiocarbonyl (C=S) groups is 1. The van der Waals surface area contributed by atoms with E-state index in [-0.39, 0.29) is 0 Å². The van der Waals surface area contributed by atoms with Gasteiger partial charge in [-0.15, -0.1) is 0 Å². The third-order valence-electron chi connectivity index (χ3n) is 2.62. The minimum Gasteiger partial charge on any atom is -0.495 e. The van der Waals surface area contributed by atoms with E-state index >= 15 is 0 Å². The summed E-state index contributed by atoms with van der Waals surface area (Å²) in [5.41, 5.74) is 2.60. The van der Waals surface area contributed by atoms with Crippen molar-refractivity contribution in [2.24, 2.45) is 7.05 Å². The number of nitrogens with one attached hydrogen (secondary N) is 2. The molecule has 0 atom stereocenters. The van der Waals surface area contributed by atoms with Crippen molar-refractivity contribution < 1.29 is 4.74 Å². The Morgan fingerprint density at radius 3 is 2.58 bits per heavy atom. The highest BCUT2D eigenvalue weighted by Gasteiger charge is 2.07. The molecular weight excluding hydrogens is 260 g/mol. The van der Waals surface area contributed by atoms with Crippen LogP contribution in [0, 0.1) is 6.92 Å². The molecule has 0 aliphatic rings. The first kappa shape index (κ1) is 13.4. The fourth-order valence-corrected chi connectivity index (χ4v) is 1.97. The van der Waals surface area contributed by atoms with Crippen LogP contribution in [-0.2, 0) is 7.05 Å². The standard InChI is InChI=1S/C13H16N4OS/c1-9-11(8-17(2)16-9)15-13(19)14-10-6-4-5-7-12(10)18-3/h4-8H,1-3H3,(H2,14,15,19). The van der Waals surface area contributed by atoms with Crippen molar-refractivity contribution in [3.8, 4) is 5.75 Å². The normalized spacial score (nSPS) is 10.1. The predicted octanol–water partition coefficient (Wildman–Crippen LogP) is 2.55. The van der Waals surface area contributed by atoms with Gasteiger partial charge in [0.15, 0.2) is 5.11 Å². The van der Waals surface area contributed by atoms with Gasteiger partial charge in [0.05, 0.1) is 24.2 Å². The fraction of sp³-hybridized carbons (Fsp3) is 0.231. The Morgan fingerprint density at radius 2 is 1.95 bits per heavy atom. The zero-order valence-electron chi connectivity index (χ0n) is 11.1. The first-order valence-corrected chi connectivity index (χ1v) is 6.22. The largest absolute Gasteiger partial charge is 0.495 e. The van der Waals surface area contributed by atoms with Gasteiger partial charge in [-0.2, -0.15) is 5.10 Å². The van der Waals surface area contributed by atoms with Crippen molar-refractivity contribution in [1.82, 2.24) is 9.78 Å². The van der Waals surface area contributed by atoms with E-state index in [0.29, 0.717) is 5.11 Å². The highest BCUT2D eigenvalue weighted by molar-refractivity contribution is 7.80. The van der Waals surface area contributed by atoms with Crippen LogP contribution < -0.4 is 15.4 Å². The van der Waals surface area contributed by atoms with Gasteiger partial charge in [0.2, 0.25) is 0 Å². The summed E-state index contributed by atoms with van der Waals surface area (Å²) in [7, 11) is 3.50. The second kappa shape index (κ2) is 5.71. The van der Waals surface area contributed by atoms with Crippen molar-refractivity contribution in [3.63, 3.8) is 0 Å². The van der Waals surface area contributed by atoms with E-state index < -0.39 is 0 Å². The number of aromatic nitrogens is 2. The molecule has 6 heteroatoms. The molecule has 19 heavy (non-hydrogen) atoms. The summed E-state index contributed by atoms with van der Waals surface area (Å²) in [5.74, 6) is 0.745. The molecule has 0 unspecified atom stereocenters. The number of ether oxygens (including phenoxy) is 1. The molecule has 2 N–H and O–H groups in total. The lowest BCUT2D eigenvalue weighted by atomic mass is 10.3. The molecule has 1 aromatic heterocycles. The van der Waals surface area contributed by atoms with E-state index in [9.17, 15) is 0 Å². The maximum absolute atomic E-state index is 5.28. The molecule has 0 bridgehead atoms. The van der Waals surface area contributed by atoms with Crippen LogP contribution in [0.3, 0.4) is 0 Å². The SMILES string of the molecule is COc1ccccc1NC(=S)Nc1cn(C)nc1C. The topological polar surface area (TPSA) is 51.1 Å². The van der Waals surface area contributed by atoms with Gasteiger partial charge in [0.1, 0.15) is 5.75 Å². The summed E-state index contributed by atoms with van der Waals surface area (Å²) in [5, 5.41) is 11.0. The van der Waals surface area contributed by atoms with Gasteiger partial charge in [-0.3, -0.25) is 4.68 Å². The van der Waals surface area contributed by atoms with Crippen molar-refractivity contribution >= 4 is 28.7 Å². The summed E-state index contributed by atoms with van der Waals surface area (Å²) in [6.07, 6.45) is 1.88. The van der Waals surface area contributed by atoms with Crippen LogP contribution in [-0.4, -0.2) is 22.0 Å². The Kier molecular flexibility index (Phi) is 4.01. The van der Waals surface area contributed by atoms with Crippen molar-refractivity contribution in [1.29, 1.82) is 0 Å². The Labute approximate surface area is 117 Å². The highest BCUT2D eigenvalue weighted by atomic mass is 32.1. The number of aryl methyl sites for hydroxylation is 2. The van der Waals surface area contributed by atoms with E-state index in [1.807, 2.05) is 44.4 Å². The van der Waals surface area contributed by atoms with E-state index in [2.05, 4.69) is 15.7 Å². The maximum Gasteiger partial charge on any atom is 0.175 e. The third-order valence-corrected chi connectivity index (χ3v) is 2.82. The van der Waals surface area contributed by atoms with E-state index in [4.69, 9.17) is 17.0 Å². The number of benzene rings is 1. The highest BCUT2D eigenvalue weighted by Crippen LogP contribution is 2.23. The molecule has 2 rings (SSSR count). The van der Waals surface area contributed by atoms with Gasteiger partial charge in [-0.1, -0.05) is 12.1 Å². The molecule has 0 amide bonds. The van der Waals surface area contributed by atoms with Gasteiger partial charge < -0.3 is 15.4 Å². The Morgan fingerprint density at radius 1 is 1.26 bits per heavy atom. The zero-order chi connectivity index (χ0) is 13.8. The molecule has 0 aliphatic carbocycles. The number of nitrogens with zero attached hydrogens (tertiary/aromatic N) is 2. The molecule has 2 aromatic rings. The Bertz CT molecular complexity index is 594. The molecule has 0 aliphatic heterocycles. The van der Waals surface area contributed by atoms with Gasteiger partial charge in [0.25, 0.3) is 0 Å². The minimum atomic E-state index is 0.501. The number of hydrogen-bond acceptors (Lipinski definition) is 3. The number of rotatable bonds is 3. The first-order chi connectivity index (χ1) is 9.10. The monoisotopic (exact) mass is 276 g/mol. The van der Waals surface area contributed by atoms with E-state index in [1.54, 1.807) is 11.8 Å². The summed E-state index contributed by atoms with van der Waals surface area (Å²) >= 11 is 5.28. The first-order valence-electron chi connectivity index (χ1n) is 5.81. The van der Waals surface area contributed by atoms with Crippen LogP contribution in [0.15, 0.2) is 30.5 Å². The molecule has 5 nitrogen and oxygen atoms in total. The third kappa shape index (κ3) is 3.23. The van der Waals surface area contributed by atoms with Crippen molar-refractivity contribution in [3.05, 3.63) is 36.2 Å². The van der Waals surface area contributed by atoms with Crippen molar-refractivity contribution in [2.75, 3.05) is 17.7 Å². The smallest absolute Gasteiger partial charge is 0.175 e. The van der Waals surface area contributed by atoms with Crippen LogP contribution >= 0.6 is 12.2 Å². The average molecular weight is 276 g/mol. The molecule has 0 radical (unpaired) electrons. The number of methoxy groups -OCH3 is 1. The molecule has 100 valence electrons. The van der Waals surface area contributed by atoms with Crippen LogP contribution in [0.4, 0.5) is 11.4 Å². The van der Waals surface area contributed by atoms with Crippen LogP contribution in [0.5, 0.6) is 5.75 Å². The fourth-order valence-electron chi connectivity index (χ4n) is 1.75. The molecule has 0 saturated carbocycles. The van der Waals surface area contributed by atoms with Crippen LogP contribution in [0.1, 0.15) is 5.69 Å². The second-order valence-electron chi connectivity index (χ2n) is 4.08. The second-order valence-corrected chi connectivity index (χ2v) is 4.49. The Balaban J connectivity index is 2.07. The molecule has 0 saturated heterocycles. The molecule has 0 spiro atoms. The van der Waals surface area contributed by atoms with Gasteiger partial charge in [-0.05, 0) is 31.3 Å². The van der Waals surface area contributed by atoms with Gasteiger partial charge in [-0.25, -0.2) is 0 Å². The van der Waals surface area contributed by atoms with E-state index in [1.165, 1.54) is 0 Å². The van der Waals surface area contributed by atoms with E-state index in [0.717, 1.165) is 22.8 Å². The average Bonchev–Trinajstić information content (AvgIpc) is 2.68. The van der Waals surface area contributed by atoms with Crippen molar-refractivity contribution in [2.45, 2.75) is 6.92 Å². The molecule has 0 fully saturated rings. The maximum atomic E-state index is 5.28.